The lowest BCUT2D eigenvalue weighted by atomic mass is 9.92. The van der Waals surface area contributed by atoms with Crippen LogP contribution in [0.5, 0.6) is 0 Å². The van der Waals surface area contributed by atoms with Gasteiger partial charge >= 0.3 is 12.1 Å². The van der Waals surface area contributed by atoms with Gasteiger partial charge in [-0.15, -0.1) is 0 Å². The second kappa shape index (κ2) is 4.76. The Morgan fingerprint density at radius 3 is 2.39 bits per heavy atom. The number of carboxylic acids is 1. The van der Waals surface area contributed by atoms with Crippen molar-refractivity contribution >= 4 is 12.1 Å². The fraction of sp³-hybridized carbons (Fsp3) is 0.833. The van der Waals surface area contributed by atoms with Crippen molar-refractivity contribution in [3.8, 4) is 0 Å². The van der Waals surface area contributed by atoms with Gasteiger partial charge in [0.1, 0.15) is 11.1 Å². The van der Waals surface area contributed by atoms with Crippen LogP contribution in [0.1, 0.15) is 40.5 Å². The first-order valence-electron chi connectivity index (χ1n) is 6.04. The molecule has 0 bridgehead atoms. The van der Waals surface area contributed by atoms with E-state index < -0.39 is 29.3 Å². The number of hydrogen-bond donors (Lipinski definition) is 2. The zero-order valence-corrected chi connectivity index (χ0v) is 11.3. The quantitative estimate of drug-likeness (QED) is 0.778. The van der Waals surface area contributed by atoms with Crippen LogP contribution >= 0.6 is 0 Å². The Kier molecular flexibility index (Phi) is 3.90. The van der Waals surface area contributed by atoms with Gasteiger partial charge < -0.3 is 14.9 Å². The molecule has 0 aliphatic carbocycles. The molecule has 1 aliphatic rings. The van der Waals surface area contributed by atoms with Gasteiger partial charge in [0.15, 0.2) is 0 Å². The molecule has 1 saturated heterocycles. The van der Waals surface area contributed by atoms with E-state index in [-0.39, 0.29) is 19.4 Å². The molecular weight excluding hydrogens is 238 g/mol. The van der Waals surface area contributed by atoms with Crippen molar-refractivity contribution in [2.45, 2.75) is 57.8 Å². The maximum Gasteiger partial charge on any atom is 0.411 e. The van der Waals surface area contributed by atoms with Gasteiger partial charge in [-0.25, -0.2) is 9.59 Å². The Balaban J connectivity index is 2.98. The molecule has 0 aromatic carbocycles. The minimum Gasteiger partial charge on any atom is -0.479 e. The van der Waals surface area contributed by atoms with Crippen molar-refractivity contribution in [3.05, 3.63) is 0 Å². The molecular formula is C12H21NO5. The number of carboxylic acid groups (broad SMARTS) is 1. The molecule has 0 aromatic rings. The van der Waals surface area contributed by atoms with Crippen LogP contribution in [0.15, 0.2) is 0 Å². The first-order valence-corrected chi connectivity index (χ1v) is 6.04. The molecule has 18 heavy (non-hydrogen) atoms. The maximum absolute atomic E-state index is 12.0. The van der Waals surface area contributed by atoms with Crippen LogP contribution in [0, 0.1) is 0 Å². The van der Waals surface area contributed by atoms with Gasteiger partial charge in [-0.05, 0) is 27.2 Å². The number of carbonyl (C=O) groups excluding carboxylic acids is 1. The number of aliphatic hydroxyl groups is 1. The lowest BCUT2D eigenvalue weighted by Crippen LogP contribution is -2.53. The summed E-state index contributed by atoms with van der Waals surface area (Å²) in [5.74, 6) is -1.10. The smallest absolute Gasteiger partial charge is 0.411 e. The van der Waals surface area contributed by atoms with E-state index in [4.69, 9.17) is 4.74 Å². The lowest BCUT2D eigenvalue weighted by molar-refractivity contribution is -0.149. The molecule has 1 amide bonds. The van der Waals surface area contributed by atoms with Crippen LogP contribution < -0.4 is 0 Å². The normalized spacial score (nSPS) is 28.3. The third-order valence-corrected chi connectivity index (χ3v) is 3.08. The summed E-state index contributed by atoms with van der Waals surface area (Å²) in [5, 5.41) is 19.0. The molecule has 6 heteroatoms. The van der Waals surface area contributed by atoms with Gasteiger partial charge in [0.25, 0.3) is 0 Å². The predicted molar refractivity (Wildman–Crippen MR) is 64.2 cm³/mol. The summed E-state index contributed by atoms with van der Waals surface area (Å²) in [6.07, 6.45) is -1.24. The number of aliphatic hydroxyl groups excluding tert-OH is 1. The van der Waals surface area contributed by atoms with Crippen molar-refractivity contribution in [2.24, 2.45) is 0 Å². The SMILES string of the molecule is CC[C@@]1(C(=O)O)C[C@@H](O)CN1C(=O)OC(C)(C)C. The van der Waals surface area contributed by atoms with Crippen LogP contribution in [-0.2, 0) is 9.53 Å². The van der Waals surface area contributed by atoms with Crippen LogP contribution in [-0.4, -0.2) is 51.0 Å². The Bertz CT molecular complexity index is 349. The minimum absolute atomic E-state index is 0.00491. The van der Waals surface area contributed by atoms with Crippen molar-refractivity contribution < 1.29 is 24.5 Å². The Morgan fingerprint density at radius 2 is 2.00 bits per heavy atom. The Morgan fingerprint density at radius 1 is 1.44 bits per heavy atom. The van der Waals surface area contributed by atoms with Crippen molar-refractivity contribution in [1.82, 2.24) is 4.90 Å². The highest BCUT2D eigenvalue weighted by Gasteiger charge is 2.53. The standard InChI is InChI=1S/C12H21NO5/c1-5-12(9(15)16)6-8(14)7-13(12)10(17)18-11(2,3)4/h8,14H,5-7H2,1-4H3,(H,15,16)/t8-,12+/m1/s1. The van der Waals surface area contributed by atoms with E-state index in [1.807, 2.05) is 0 Å². The molecule has 1 aliphatic heterocycles. The van der Waals surface area contributed by atoms with Gasteiger partial charge in [0.2, 0.25) is 0 Å². The fourth-order valence-electron chi connectivity index (χ4n) is 2.21. The molecule has 0 aromatic heterocycles. The number of amides is 1. The molecule has 0 unspecified atom stereocenters. The first kappa shape index (κ1) is 14.8. The highest BCUT2D eigenvalue weighted by molar-refractivity contribution is 5.85. The number of β-amino-alcohol motifs (C(OH)–C–C–N with tert-alkyl or cyclic N) is 1. The molecule has 2 N–H and O–H groups in total. The molecule has 0 spiro atoms. The zero-order valence-electron chi connectivity index (χ0n) is 11.3. The molecule has 0 radical (unpaired) electrons. The van der Waals surface area contributed by atoms with E-state index in [2.05, 4.69) is 0 Å². The van der Waals surface area contributed by atoms with Gasteiger partial charge in [0.05, 0.1) is 12.6 Å². The number of rotatable bonds is 2. The molecule has 2 atom stereocenters. The van der Waals surface area contributed by atoms with Crippen LogP contribution in [0.3, 0.4) is 0 Å². The Hall–Kier alpha value is -1.30. The third kappa shape index (κ3) is 2.75. The largest absolute Gasteiger partial charge is 0.479 e. The summed E-state index contributed by atoms with van der Waals surface area (Å²) in [4.78, 5) is 24.6. The van der Waals surface area contributed by atoms with Gasteiger partial charge in [-0.3, -0.25) is 4.90 Å². The Labute approximate surface area is 107 Å². The number of nitrogens with zero attached hydrogens (tertiary/aromatic N) is 1. The monoisotopic (exact) mass is 259 g/mol. The van der Waals surface area contributed by atoms with Gasteiger partial charge in [0, 0.05) is 6.42 Å². The second-order valence-corrected chi connectivity index (χ2v) is 5.64. The van der Waals surface area contributed by atoms with Crippen molar-refractivity contribution in [2.75, 3.05) is 6.54 Å². The van der Waals surface area contributed by atoms with Gasteiger partial charge in [-0.1, -0.05) is 6.92 Å². The molecule has 6 nitrogen and oxygen atoms in total. The molecule has 1 fully saturated rings. The zero-order chi connectivity index (χ0) is 14.1. The predicted octanol–water partition coefficient (Wildman–Crippen LogP) is 1.22. The summed E-state index contributed by atoms with van der Waals surface area (Å²) in [7, 11) is 0. The molecule has 104 valence electrons. The number of hydrogen-bond acceptors (Lipinski definition) is 4. The van der Waals surface area contributed by atoms with E-state index in [1.54, 1.807) is 27.7 Å². The lowest BCUT2D eigenvalue weighted by Gasteiger charge is -2.34. The minimum atomic E-state index is -1.36. The summed E-state index contributed by atoms with van der Waals surface area (Å²) in [5.41, 5.74) is -2.05. The van der Waals surface area contributed by atoms with E-state index >= 15 is 0 Å². The maximum atomic E-state index is 12.0. The third-order valence-electron chi connectivity index (χ3n) is 3.08. The van der Waals surface area contributed by atoms with E-state index in [0.717, 1.165) is 4.90 Å². The number of carbonyl (C=O) groups is 2. The fourth-order valence-corrected chi connectivity index (χ4v) is 2.21. The van der Waals surface area contributed by atoms with Crippen molar-refractivity contribution in [1.29, 1.82) is 0 Å². The molecule has 1 rings (SSSR count). The summed E-state index contributed by atoms with van der Waals surface area (Å²) < 4.78 is 5.19. The van der Waals surface area contributed by atoms with Crippen LogP contribution in [0.25, 0.3) is 0 Å². The van der Waals surface area contributed by atoms with Crippen LogP contribution in [0.2, 0.25) is 0 Å². The highest BCUT2D eigenvalue weighted by Crippen LogP contribution is 2.34. The molecule has 0 saturated carbocycles. The van der Waals surface area contributed by atoms with E-state index in [0.29, 0.717) is 0 Å². The average Bonchev–Trinajstić information content (AvgIpc) is 2.54. The summed E-state index contributed by atoms with van der Waals surface area (Å²) in [6.45, 7) is 6.82. The van der Waals surface area contributed by atoms with Gasteiger partial charge in [-0.2, -0.15) is 0 Å². The molecule has 1 heterocycles. The first-order chi connectivity index (χ1) is 8.12. The van der Waals surface area contributed by atoms with Crippen molar-refractivity contribution in [3.63, 3.8) is 0 Å². The average molecular weight is 259 g/mol. The number of ether oxygens (including phenoxy) is 1. The van der Waals surface area contributed by atoms with E-state index in [1.165, 1.54) is 0 Å². The van der Waals surface area contributed by atoms with Crippen LogP contribution in [0.4, 0.5) is 4.79 Å². The topological polar surface area (TPSA) is 87.1 Å². The highest BCUT2D eigenvalue weighted by atomic mass is 16.6. The summed E-state index contributed by atoms with van der Waals surface area (Å²) in [6, 6.07) is 0. The summed E-state index contributed by atoms with van der Waals surface area (Å²) >= 11 is 0. The number of likely N-dealkylation sites (tertiary alicyclic amines) is 1. The number of aliphatic carboxylic acids is 1. The second-order valence-electron chi connectivity index (χ2n) is 5.64. The van der Waals surface area contributed by atoms with E-state index in [9.17, 15) is 19.8 Å².